The lowest BCUT2D eigenvalue weighted by Gasteiger charge is -2.29. The lowest BCUT2D eigenvalue weighted by Crippen LogP contribution is -2.36. The molecule has 1 saturated heterocycles. The van der Waals surface area contributed by atoms with Gasteiger partial charge in [0.15, 0.2) is 0 Å². The molecule has 4 rings (SSSR count). The number of nitrogens with zero attached hydrogens (tertiary/aromatic N) is 3. The molecular weight excluding hydrogens is 350 g/mol. The van der Waals surface area contributed by atoms with Crippen LogP contribution in [-0.2, 0) is 11.3 Å². The second-order valence-corrected chi connectivity index (χ2v) is 6.74. The van der Waals surface area contributed by atoms with Crippen LogP contribution in [-0.4, -0.2) is 37.2 Å². The quantitative estimate of drug-likeness (QED) is 0.683. The third kappa shape index (κ3) is 4.21. The van der Waals surface area contributed by atoms with Crippen LogP contribution in [0.4, 0.5) is 11.4 Å². The summed E-state index contributed by atoms with van der Waals surface area (Å²) in [4.78, 5) is 21.8. The van der Waals surface area contributed by atoms with Gasteiger partial charge in [0.1, 0.15) is 0 Å². The molecular formula is C23H23N3O2. The Morgan fingerprint density at radius 3 is 2.36 bits per heavy atom. The molecule has 0 atom stereocenters. The van der Waals surface area contributed by atoms with Gasteiger partial charge in [0, 0.05) is 25.0 Å². The average molecular weight is 373 g/mol. The van der Waals surface area contributed by atoms with E-state index in [1.165, 1.54) is 0 Å². The Hall–Kier alpha value is -3.18. The summed E-state index contributed by atoms with van der Waals surface area (Å²) in [7, 11) is 0. The van der Waals surface area contributed by atoms with Crippen molar-refractivity contribution in [2.24, 2.45) is 0 Å². The van der Waals surface area contributed by atoms with E-state index in [0.29, 0.717) is 25.3 Å². The topological polar surface area (TPSA) is 45.7 Å². The molecule has 5 nitrogen and oxygen atoms in total. The first-order chi connectivity index (χ1) is 13.8. The molecule has 3 aromatic rings. The summed E-state index contributed by atoms with van der Waals surface area (Å²) in [6.45, 7) is 3.52. The van der Waals surface area contributed by atoms with Gasteiger partial charge >= 0.3 is 0 Å². The lowest BCUT2D eigenvalue weighted by molar-refractivity contribution is 0.0984. The maximum Gasteiger partial charge on any atom is 0.260 e. The van der Waals surface area contributed by atoms with E-state index in [9.17, 15) is 4.79 Å². The predicted molar refractivity (Wildman–Crippen MR) is 111 cm³/mol. The van der Waals surface area contributed by atoms with Gasteiger partial charge in [0.2, 0.25) is 0 Å². The molecule has 0 spiro atoms. The molecule has 1 aliphatic heterocycles. The summed E-state index contributed by atoms with van der Waals surface area (Å²) in [5, 5.41) is 0. The van der Waals surface area contributed by atoms with Gasteiger partial charge in [-0.2, -0.15) is 0 Å². The zero-order valence-corrected chi connectivity index (χ0v) is 15.7. The number of hydrogen-bond donors (Lipinski definition) is 0. The van der Waals surface area contributed by atoms with Crippen molar-refractivity contribution in [2.45, 2.75) is 6.54 Å². The molecule has 1 aromatic heterocycles. The summed E-state index contributed by atoms with van der Waals surface area (Å²) in [5.74, 6) is -0.0577. The highest BCUT2D eigenvalue weighted by atomic mass is 16.5. The Labute approximate surface area is 165 Å². The molecule has 0 radical (unpaired) electrons. The monoisotopic (exact) mass is 373 g/mol. The van der Waals surface area contributed by atoms with Crippen molar-refractivity contribution in [2.75, 3.05) is 36.1 Å². The van der Waals surface area contributed by atoms with Crippen LogP contribution >= 0.6 is 0 Å². The number of anilines is 2. The number of para-hydroxylation sites is 1. The molecule has 0 unspecified atom stereocenters. The fourth-order valence-electron chi connectivity index (χ4n) is 3.35. The minimum Gasteiger partial charge on any atom is -0.378 e. The minimum absolute atomic E-state index is 0.0577. The third-order valence-electron chi connectivity index (χ3n) is 4.84. The molecule has 1 aliphatic rings. The van der Waals surface area contributed by atoms with Crippen molar-refractivity contribution in [3.05, 3.63) is 90.3 Å². The molecule has 0 N–H and O–H groups in total. The number of rotatable bonds is 5. The fourth-order valence-corrected chi connectivity index (χ4v) is 3.35. The Morgan fingerprint density at radius 2 is 1.64 bits per heavy atom. The molecule has 2 aromatic carbocycles. The van der Waals surface area contributed by atoms with Crippen molar-refractivity contribution < 1.29 is 9.53 Å². The summed E-state index contributed by atoms with van der Waals surface area (Å²) in [5.41, 5.74) is 3.50. The third-order valence-corrected chi connectivity index (χ3v) is 4.84. The van der Waals surface area contributed by atoms with Crippen molar-refractivity contribution >= 4 is 17.3 Å². The minimum atomic E-state index is -0.0577. The van der Waals surface area contributed by atoms with Crippen LogP contribution in [0.3, 0.4) is 0 Å². The van der Waals surface area contributed by atoms with E-state index in [1.54, 1.807) is 11.1 Å². The number of morpholine rings is 1. The smallest absolute Gasteiger partial charge is 0.260 e. The van der Waals surface area contributed by atoms with Crippen LogP contribution in [0.1, 0.15) is 15.9 Å². The highest BCUT2D eigenvalue weighted by Gasteiger charge is 2.20. The molecule has 0 saturated carbocycles. The summed E-state index contributed by atoms with van der Waals surface area (Å²) >= 11 is 0. The fraction of sp³-hybridized carbons (Fsp3) is 0.217. The number of hydrogen-bond acceptors (Lipinski definition) is 4. The molecule has 1 amide bonds. The standard InChI is InChI=1S/C23H23N3O2/c27-23(20-15-22(17-24-16-20)25-11-13-28-14-12-25)26(21-9-5-2-6-10-21)18-19-7-3-1-4-8-19/h1-10,15-17H,11-14,18H2. The van der Waals surface area contributed by atoms with Gasteiger partial charge in [-0.15, -0.1) is 0 Å². The van der Waals surface area contributed by atoms with E-state index in [2.05, 4.69) is 9.88 Å². The van der Waals surface area contributed by atoms with E-state index in [1.807, 2.05) is 72.9 Å². The second-order valence-electron chi connectivity index (χ2n) is 6.74. The van der Waals surface area contributed by atoms with E-state index in [0.717, 1.165) is 30.0 Å². The molecule has 0 bridgehead atoms. The van der Waals surface area contributed by atoms with E-state index in [4.69, 9.17) is 4.74 Å². The number of aromatic nitrogens is 1. The first-order valence-electron chi connectivity index (χ1n) is 9.50. The van der Waals surface area contributed by atoms with Crippen molar-refractivity contribution in [3.8, 4) is 0 Å². The summed E-state index contributed by atoms with van der Waals surface area (Å²) in [6.07, 6.45) is 3.46. The van der Waals surface area contributed by atoms with Crippen molar-refractivity contribution in [1.29, 1.82) is 0 Å². The van der Waals surface area contributed by atoms with Gasteiger partial charge in [-0.25, -0.2) is 0 Å². The van der Waals surface area contributed by atoms with E-state index in [-0.39, 0.29) is 5.91 Å². The summed E-state index contributed by atoms with van der Waals surface area (Å²) in [6, 6.07) is 21.7. The van der Waals surface area contributed by atoms with E-state index >= 15 is 0 Å². The molecule has 28 heavy (non-hydrogen) atoms. The van der Waals surface area contributed by atoms with Crippen molar-refractivity contribution in [1.82, 2.24) is 4.98 Å². The maximum atomic E-state index is 13.4. The van der Waals surface area contributed by atoms with Gasteiger partial charge < -0.3 is 14.5 Å². The molecule has 5 heteroatoms. The molecule has 142 valence electrons. The van der Waals surface area contributed by atoms with E-state index < -0.39 is 0 Å². The zero-order chi connectivity index (χ0) is 19.2. The number of amides is 1. The lowest BCUT2D eigenvalue weighted by atomic mass is 10.1. The van der Waals surface area contributed by atoms with Gasteiger partial charge in [-0.1, -0.05) is 48.5 Å². The number of carbonyl (C=O) groups is 1. The van der Waals surface area contributed by atoms with Gasteiger partial charge in [0.05, 0.1) is 37.2 Å². The maximum absolute atomic E-state index is 13.4. The van der Waals surface area contributed by atoms with Crippen LogP contribution < -0.4 is 9.80 Å². The van der Waals surface area contributed by atoms with Gasteiger partial charge in [-0.3, -0.25) is 9.78 Å². The Kier molecular flexibility index (Phi) is 5.64. The number of pyridine rings is 1. The number of benzene rings is 2. The van der Waals surface area contributed by atoms with Crippen LogP contribution in [0.5, 0.6) is 0 Å². The normalized spacial score (nSPS) is 13.9. The molecule has 1 fully saturated rings. The highest BCUT2D eigenvalue weighted by molar-refractivity contribution is 6.06. The Balaban J connectivity index is 1.63. The molecule has 2 heterocycles. The SMILES string of the molecule is O=C(c1cncc(N2CCOCC2)c1)N(Cc1ccccc1)c1ccccc1. The average Bonchev–Trinajstić information content (AvgIpc) is 2.79. The van der Waals surface area contributed by atoms with Crippen molar-refractivity contribution in [3.63, 3.8) is 0 Å². The summed E-state index contributed by atoms with van der Waals surface area (Å²) < 4.78 is 5.42. The Bertz CT molecular complexity index is 909. The Morgan fingerprint density at radius 1 is 0.964 bits per heavy atom. The number of carbonyl (C=O) groups excluding carboxylic acids is 1. The van der Waals surface area contributed by atoms with Crippen LogP contribution in [0.25, 0.3) is 0 Å². The molecule has 0 aliphatic carbocycles. The first-order valence-corrected chi connectivity index (χ1v) is 9.50. The first kappa shape index (κ1) is 18.2. The van der Waals surface area contributed by atoms with Crippen LogP contribution in [0.2, 0.25) is 0 Å². The highest BCUT2D eigenvalue weighted by Crippen LogP contribution is 2.22. The van der Waals surface area contributed by atoms with Crippen LogP contribution in [0.15, 0.2) is 79.1 Å². The number of ether oxygens (including phenoxy) is 1. The van der Waals surface area contributed by atoms with Gasteiger partial charge in [-0.05, 0) is 23.8 Å². The largest absolute Gasteiger partial charge is 0.378 e. The van der Waals surface area contributed by atoms with Gasteiger partial charge in [0.25, 0.3) is 5.91 Å². The second kappa shape index (κ2) is 8.67. The predicted octanol–water partition coefficient (Wildman–Crippen LogP) is 3.77. The zero-order valence-electron chi connectivity index (χ0n) is 15.7. The van der Waals surface area contributed by atoms with Crippen LogP contribution in [0, 0.1) is 0 Å².